The zero-order valence-corrected chi connectivity index (χ0v) is 32.4. The van der Waals surface area contributed by atoms with Crippen LogP contribution in [-0.4, -0.2) is 126 Å². The molecule has 2 saturated heterocycles. The number of amides is 5. The quantitative estimate of drug-likeness (QED) is 0.0890. The van der Waals surface area contributed by atoms with E-state index in [1.165, 1.54) is 35.4 Å². The third-order valence-corrected chi connectivity index (χ3v) is 10.3. The van der Waals surface area contributed by atoms with Gasteiger partial charge in [0.05, 0.1) is 37.5 Å². The summed E-state index contributed by atoms with van der Waals surface area (Å²) in [5.74, 6) is -4.06. The number of benzene rings is 2. The number of nitrogens with one attached hydrogen (secondary N) is 3. The van der Waals surface area contributed by atoms with Gasteiger partial charge in [0.15, 0.2) is 0 Å². The summed E-state index contributed by atoms with van der Waals surface area (Å²) in [5, 5.41) is 18.6. The summed E-state index contributed by atoms with van der Waals surface area (Å²) in [4.78, 5) is 57.6. The standard InChI is InChI=1S/C40H47F4N7O8/c1-24(23-59-40(56)46-8-12-58-13-9-50-35(53)4-5-36(50)54)47-39(55)51(21-27-18-45-19-33(27)44)37(26-6-10-57-11-7-26)38-48-34(31-17-28(41)2-3-32(31)43)22-49(38)20-25-14-29(42)16-30(52)15-25/h2-5,14-17,22,24,26-27,33,37,45,52H,6-13,18-21,23H2,1H3,(H,46,56)(H,47,55)/t24-,27-,33-,37+/m0/s1. The monoisotopic (exact) mass is 829 g/mol. The number of halogens is 4. The fraction of sp³-hybridized carbons (Fsp3) is 0.475. The molecule has 6 rings (SSSR count). The van der Waals surface area contributed by atoms with Gasteiger partial charge in [-0.15, -0.1) is 0 Å². The number of carbonyl (C=O) groups is 4. The number of imidazole rings is 1. The summed E-state index contributed by atoms with van der Waals surface area (Å²) >= 11 is 0. The van der Waals surface area contributed by atoms with Crippen molar-refractivity contribution < 1.29 is 56.1 Å². The molecule has 0 bridgehead atoms. The van der Waals surface area contributed by atoms with Gasteiger partial charge in [-0.05, 0) is 61.6 Å². The number of carbonyl (C=O) groups excluding carboxylic acids is 4. The Kier molecular flexibility index (Phi) is 14.6. The smallest absolute Gasteiger partial charge is 0.407 e. The van der Waals surface area contributed by atoms with Crippen LogP contribution in [0.25, 0.3) is 11.3 Å². The van der Waals surface area contributed by atoms with Gasteiger partial charge in [0, 0.05) is 81.8 Å². The minimum absolute atomic E-state index is 0.0354. The van der Waals surface area contributed by atoms with Crippen LogP contribution in [0.5, 0.6) is 5.75 Å². The van der Waals surface area contributed by atoms with Crippen molar-refractivity contribution in [3.05, 3.63) is 83.6 Å². The molecule has 19 heteroatoms. The molecule has 2 fully saturated rings. The number of phenols is 1. The number of nitrogens with zero attached hydrogens (tertiary/aromatic N) is 4. The predicted molar refractivity (Wildman–Crippen MR) is 203 cm³/mol. The second kappa shape index (κ2) is 20.0. The maximum absolute atomic E-state index is 15.3. The highest BCUT2D eigenvalue weighted by atomic mass is 19.1. The number of aromatic nitrogens is 2. The number of imide groups is 1. The van der Waals surface area contributed by atoms with Crippen LogP contribution in [0.2, 0.25) is 0 Å². The van der Waals surface area contributed by atoms with E-state index >= 15 is 8.78 Å². The number of urea groups is 1. The van der Waals surface area contributed by atoms with Crippen LogP contribution in [-0.2, 0) is 30.3 Å². The van der Waals surface area contributed by atoms with Crippen LogP contribution < -0.4 is 16.0 Å². The molecule has 4 N–H and O–H groups in total. The molecule has 3 aliphatic rings. The normalized spacial score (nSPS) is 19.2. The first-order valence-corrected chi connectivity index (χ1v) is 19.4. The van der Waals surface area contributed by atoms with Gasteiger partial charge in [-0.25, -0.2) is 32.1 Å². The fourth-order valence-corrected chi connectivity index (χ4v) is 7.35. The Balaban J connectivity index is 1.21. The molecule has 2 aromatic carbocycles. The average Bonchev–Trinajstić information content (AvgIpc) is 3.90. The van der Waals surface area contributed by atoms with Crippen molar-refractivity contribution in [1.29, 1.82) is 0 Å². The van der Waals surface area contributed by atoms with Gasteiger partial charge in [-0.3, -0.25) is 14.5 Å². The second-order valence-electron chi connectivity index (χ2n) is 14.7. The van der Waals surface area contributed by atoms with E-state index in [-0.39, 0.29) is 87.8 Å². The van der Waals surface area contributed by atoms with Crippen molar-refractivity contribution in [3.63, 3.8) is 0 Å². The number of alkyl carbamates (subject to hydrolysis) is 1. The van der Waals surface area contributed by atoms with E-state index in [9.17, 15) is 33.1 Å². The van der Waals surface area contributed by atoms with Crippen LogP contribution in [0.1, 0.15) is 37.2 Å². The second-order valence-corrected chi connectivity index (χ2v) is 14.7. The van der Waals surface area contributed by atoms with E-state index in [1.54, 1.807) is 11.5 Å². The van der Waals surface area contributed by atoms with Crippen LogP contribution in [0.15, 0.2) is 54.7 Å². The molecule has 0 spiro atoms. The molecule has 4 atom stereocenters. The van der Waals surface area contributed by atoms with Gasteiger partial charge in [0.25, 0.3) is 11.8 Å². The Bertz CT molecular complexity index is 1970. The Labute approximate surface area is 337 Å². The molecule has 15 nitrogen and oxygen atoms in total. The van der Waals surface area contributed by atoms with E-state index in [1.807, 2.05) is 0 Å². The lowest BCUT2D eigenvalue weighted by molar-refractivity contribution is -0.137. The molecule has 0 aliphatic carbocycles. The van der Waals surface area contributed by atoms with E-state index in [0.717, 1.165) is 29.2 Å². The molecule has 59 heavy (non-hydrogen) atoms. The molecule has 1 aromatic heterocycles. The summed E-state index contributed by atoms with van der Waals surface area (Å²) in [7, 11) is 0. The zero-order valence-electron chi connectivity index (χ0n) is 32.4. The molecular weight excluding hydrogens is 782 g/mol. The van der Waals surface area contributed by atoms with Gasteiger partial charge >= 0.3 is 12.1 Å². The van der Waals surface area contributed by atoms with E-state index in [4.69, 9.17) is 19.2 Å². The van der Waals surface area contributed by atoms with Crippen molar-refractivity contribution in [2.45, 2.75) is 44.6 Å². The summed E-state index contributed by atoms with van der Waals surface area (Å²) < 4.78 is 77.5. The topological polar surface area (TPSA) is 177 Å². The lowest BCUT2D eigenvalue weighted by Gasteiger charge is -2.40. The third-order valence-electron chi connectivity index (χ3n) is 10.3. The number of phenolic OH excluding ortho intramolecular Hbond substituents is 1. The van der Waals surface area contributed by atoms with Crippen LogP contribution in [0, 0.1) is 29.3 Å². The first kappa shape index (κ1) is 43.1. The first-order chi connectivity index (χ1) is 28.4. The Morgan fingerprint density at radius 3 is 2.53 bits per heavy atom. The van der Waals surface area contributed by atoms with Crippen molar-refractivity contribution in [2.75, 3.05) is 65.8 Å². The Morgan fingerprint density at radius 1 is 1.05 bits per heavy atom. The number of rotatable bonds is 17. The number of ether oxygens (including phenoxy) is 3. The molecule has 0 saturated carbocycles. The molecule has 5 amide bonds. The predicted octanol–water partition coefficient (Wildman–Crippen LogP) is 3.81. The summed E-state index contributed by atoms with van der Waals surface area (Å²) in [6.45, 7) is 2.51. The zero-order chi connectivity index (χ0) is 42.1. The molecule has 318 valence electrons. The molecule has 3 aromatic rings. The molecule has 4 heterocycles. The number of aromatic hydroxyl groups is 1. The van der Waals surface area contributed by atoms with Crippen LogP contribution in [0.4, 0.5) is 27.2 Å². The Morgan fingerprint density at radius 2 is 1.81 bits per heavy atom. The summed E-state index contributed by atoms with van der Waals surface area (Å²) in [6, 6.07) is 4.17. The molecule has 3 aliphatic heterocycles. The Hall–Kier alpha value is -5.53. The van der Waals surface area contributed by atoms with E-state index in [0.29, 0.717) is 31.6 Å². The van der Waals surface area contributed by atoms with Crippen LogP contribution in [0.3, 0.4) is 0 Å². The summed E-state index contributed by atoms with van der Waals surface area (Å²) in [6.07, 6.45) is 2.66. The van der Waals surface area contributed by atoms with Crippen molar-refractivity contribution in [1.82, 2.24) is 35.3 Å². The van der Waals surface area contributed by atoms with Crippen molar-refractivity contribution >= 4 is 23.9 Å². The lowest BCUT2D eigenvalue weighted by atomic mass is 9.89. The van der Waals surface area contributed by atoms with Crippen LogP contribution >= 0.6 is 0 Å². The minimum Gasteiger partial charge on any atom is -0.508 e. The SMILES string of the molecule is C[C@@H](COC(=O)NCCOCCN1C(=O)C=CC1=O)NC(=O)N(C[C@@H]1CNC[C@@H]1F)[C@@H](c1nc(-c2cc(F)ccc2F)cn1Cc1cc(O)cc(F)c1)C1CCOCC1. The van der Waals surface area contributed by atoms with Crippen molar-refractivity contribution in [3.8, 4) is 17.0 Å². The van der Waals surface area contributed by atoms with Gasteiger partial charge in [-0.1, -0.05) is 0 Å². The maximum atomic E-state index is 15.3. The van der Waals surface area contributed by atoms with E-state index < -0.39 is 65.6 Å². The van der Waals surface area contributed by atoms with Gasteiger partial charge < -0.3 is 44.7 Å². The molecular formula is C40H47F4N7O8. The average molecular weight is 830 g/mol. The molecule has 0 radical (unpaired) electrons. The fourth-order valence-electron chi connectivity index (χ4n) is 7.35. The first-order valence-electron chi connectivity index (χ1n) is 19.4. The minimum atomic E-state index is -1.29. The third kappa shape index (κ3) is 11.4. The number of hydrogen-bond acceptors (Lipinski definition) is 10. The number of hydrogen-bond donors (Lipinski definition) is 4. The molecule has 0 unspecified atom stereocenters. The lowest BCUT2D eigenvalue weighted by Crippen LogP contribution is -2.52. The van der Waals surface area contributed by atoms with E-state index in [2.05, 4.69) is 16.0 Å². The highest BCUT2D eigenvalue weighted by molar-refractivity contribution is 6.12. The highest BCUT2D eigenvalue weighted by Gasteiger charge is 2.40. The number of alkyl halides is 1. The maximum Gasteiger partial charge on any atom is 0.407 e. The van der Waals surface area contributed by atoms with Gasteiger partial charge in [-0.2, -0.15) is 0 Å². The highest BCUT2D eigenvalue weighted by Crippen LogP contribution is 2.38. The van der Waals surface area contributed by atoms with Gasteiger partial charge in [0.1, 0.15) is 41.8 Å². The van der Waals surface area contributed by atoms with Crippen molar-refractivity contribution in [2.24, 2.45) is 11.8 Å². The van der Waals surface area contributed by atoms with Gasteiger partial charge in [0.2, 0.25) is 0 Å². The summed E-state index contributed by atoms with van der Waals surface area (Å²) in [5.41, 5.74) is 0.204. The largest absolute Gasteiger partial charge is 0.508 e.